The van der Waals surface area contributed by atoms with Crippen molar-refractivity contribution in [2.75, 3.05) is 13.1 Å². The molecule has 3 aromatic carbocycles. The van der Waals surface area contributed by atoms with Gasteiger partial charge in [0.2, 0.25) is 10.0 Å². The molecular weight excluding hydrogens is 486 g/mol. The maximum Gasteiger partial charge on any atom is 0.243 e. The van der Waals surface area contributed by atoms with Gasteiger partial charge in [0.1, 0.15) is 0 Å². The summed E-state index contributed by atoms with van der Waals surface area (Å²) in [5, 5.41) is 19.4. The lowest BCUT2D eigenvalue weighted by Crippen LogP contribution is -2.40. The molecule has 4 rings (SSSR count). The van der Waals surface area contributed by atoms with Crippen LogP contribution in [0.2, 0.25) is 0 Å². The molecule has 1 aliphatic carbocycles. The number of hydrogen-bond donors (Lipinski definition) is 2. The quantitative estimate of drug-likeness (QED) is 0.373. The van der Waals surface area contributed by atoms with Gasteiger partial charge in [-0.1, -0.05) is 36.0 Å². The summed E-state index contributed by atoms with van der Waals surface area (Å²) >= 11 is 1.34. The van der Waals surface area contributed by atoms with E-state index in [4.69, 9.17) is 0 Å². The summed E-state index contributed by atoms with van der Waals surface area (Å²) in [6.45, 7) is 2.71. The molecule has 0 saturated carbocycles. The van der Waals surface area contributed by atoms with Crippen LogP contribution in [-0.4, -0.2) is 59.8 Å². The second-order valence-electron chi connectivity index (χ2n) is 8.50. The Morgan fingerprint density at radius 2 is 1.23 bits per heavy atom. The number of carbonyl (C=O) groups excluding carboxylic acids is 2. The van der Waals surface area contributed by atoms with Crippen LogP contribution in [0, 0.1) is 0 Å². The Bertz CT molecular complexity index is 1370. The topological polar surface area (TPSA) is 112 Å². The highest BCUT2D eigenvalue weighted by atomic mass is 32.2. The summed E-state index contributed by atoms with van der Waals surface area (Å²) in [5.41, 5.74) is 1.52. The summed E-state index contributed by atoms with van der Waals surface area (Å²) < 4.78 is 27.1. The molecule has 35 heavy (non-hydrogen) atoms. The van der Waals surface area contributed by atoms with Gasteiger partial charge >= 0.3 is 0 Å². The first kappa shape index (κ1) is 25.3. The monoisotopic (exact) mass is 511 g/mol. The van der Waals surface area contributed by atoms with E-state index in [1.54, 1.807) is 54.6 Å². The zero-order valence-electron chi connectivity index (χ0n) is 19.2. The molecule has 0 amide bonds. The van der Waals surface area contributed by atoms with Crippen LogP contribution < -0.4 is 0 Å². The molecule has 0 aromatic heterocycles. The van der Waals surface area contributed by atoms with E-state index in [-0.39, 0.29) is 29.6 Å². The van der Waals surface area contributed by atoms with Crippen molar-refractivity contribution >= 4 is 33.4 Å². The molecule has 2 atom stereocenters. The van der Waals surface area contributed by atoms with Crippen LogP contribution in [0.25, 0.3) is 0 Å². The van der Waals surface area contributed by atoms with Crippen molar-refractivity contribution in [2.24, 2.45) is 0 Å². The van der Waals surface area contributed by atoms with Crippen LogP contribution in [0.3, 0.4) is 0 Å². The average molecular weight is 512 g/mol. The fourth-order valence-corrected chi connectivity index (χ4v) is 6.43. The van der Waals surface area contributed by atoms with Gasteiger partial charge in [-0.15, -0.1) is 0 Å². The van der Waals surface area contributed by atoms with Gasteiger partial charge in [-0.25, -0.2) is 8.42 Å². The van der Waals surface area contributed by atoms with Crippen LogP contribution in [0.4, 0.5) is 0 Å². The zero-order chi connectivity index (χ0) is 25.3. The molecule has 0 heterocycles. The van der Waals surface area contributed by atoms with E-state index < -0.39 is 22.2 Å². The molecule has 9 heteroatoms. The van der Waals surface area contributed by atoms with E-state index >= 15 is 0 Å². The Morgan fingerprint density at radius 1 is 0.743 bits per heavy atom. The van der Waals surface area contributed by atoms with E-state index in [0.29, 0.717) is 22.3 Å². The minimum atomic E-state index is -3.91. The van der Waals surface area contributed by atoms with E-state index in [0.717, 1.165) is 14.1 Å². The highest BCUT2D eigenvalue weighted by molar-refractivity contribution is 7.99. The molecule has 2 N–H and O–H groups in total. The van der Waals surface area contributed by atoms with Crippen molar-refractivity contribution in [3.8, 4) is 0 Å². The zero-order valence-corrected chi connectivity index (χ0v) is 20.8. The number of aliphatic hydroxyl groups is 2. The van der Waals surface area contributed by atoms with Gasteiger partial charge in [-0.2, -0.15) is 4.31 Å². The third kappa shape index (κ3) is 5.24. The molecule has 182 valence electrons. The number of fused-ring (bicyclic) bond motifs is 2. The summed E-state index contributed by atoms with van der Waals surface area (Å²) in [5.74, 6) is -0.379. The van der Waals surface area contributed by atoms with Crippen LogP contribution >= 0.6 is 11.8 Å². The maximum absolute atomic E-state index is 13.0. The average Bonchev–Trinajstić information content (AvgIpc) is 2.82. The van der Waals surface area contributed by atoms with Gasteiger partial charge in [0.15, 0.2) is 11.6 Å². The molecule has 0 bridgehead atoms. The number of hydrogen-bond acceptors (Lipinski definition) is 7. The Hall–Kier alpha value is -2.82. The Labute approximate surface area is 208 Å². The largest absolute Gasteiger partial charge is 0.392 e. The third-order valence-corrected chi connectivity index (χ3v) is 8.37. The Morgan fingerprint density at radius 3 is 1.77 bits per heavy atom. The fourth-order valence-electron chi connectivity index (χ4n) is 3.97. The normalized spacial score (nSPS) is 15.0. The molecular formula is C26H25NO6S2. The van der Waals surface area contributed by atoms with Gasteiger partial charge < -0.3 is 10.2 Å². The smallest absolute Gasteiger partial charge is 0.243 e. The molecule has 0 saturated heterocycles. The predicted octanol–water partition coefficient (Wildman–Crippen LogP) is 3.37. The van der Waals surface area contributed by atoms with Gasteiger partial charge in [0.25, 0.3) is 0 Å². The first-order chi connectivity index (χ1) is 16.6. The number of rotatable bonds is 8. The minimum absolute atomic E-state index is 0.0472. The van der Waals surface area contributed by atoms with Crippen molar-refractivity contribution in [3.05, 3.63) is 89.0 Å². The maximum atomic E-state index is 13.0. The molecule has 2 unspecified atom stereocenters. The van der Waals surface area contributed by atoms with E-state index in [1.165, 1.54) is 37.7 Å². The third-order valence-electron chi connectivity index (χ3n) is 5.53. The summed E-state index contributed by atoms with van der Waals surface area (Å²) in [6.07, 6.45) is -1.77. The second kappa shape index (κ2) is 10.0. The van der Waals surface area contributed by atoms with Crippen molar-refractivity contribution < 1.29 is 28.2 Å². The van der Waals surface area contributed by atoms with Crippen LogP contribution in [0.1, 0.15) is 45.7 Å². The van der Waals surface area contributed by atoms with Crippen LogP contribution in [0.15, 0.2) is 81.4 Å². The molecule has 7 nitrogen and oxygen atoms in total. The van der Waals surface area contributed by atoms with E-state index in [9.17, 15) is 28.2 Å². The molecule has 0 radical (unpaired) electrons. The first-order valence-corrected chi connectivity index (χ1v) is 13.3. The molecule has 1 aliphatic rings. The van der Waals surface area contributed by atoms with Gasteiger partial charge in [-0.05, 0) is 56.3 Å². The predicted molar refractivity (Wildman–Crippen MR) is 132 cm³/mol. The number of carbonyl (C=O) groups is 2. The van der Waals surface area contributed by atoms with Gasteiger partial charge in [0.05, 0.1) is 17.1 Å². The molecule has 0 fully saturated rings. The minimum Gasteiger partial charge on any atom is -0.392 e. The summed E-state index contributed by atoms with van der Waals surface area (Å²) in [4.78, 5) is 27.3. The SMILES string of the molecule is CC(O)CN(CC(C)O)S(=O)(=O)c1ccc(Sc2ccc3c(c2)C(=O)c2ccccc2C3=O)cc1. The second-order valence-corrected chi connectivity index (χ2v) is 11.6. The van der Waals surface area contributed by atoms with Crippen molar-refractivity contribution in [3.63, 3.8) is 0 Å². The fraction of sp³-hybridized carbons (Fsp3) is 0.231. The van der Waals surface area contributed by atoms with Crippen LogP contribution in [-0.2, 0) is 10.0 Å². The molecule has 3 aromatic rings. The van der Waals surface area contributed by atoms with E-state index in [2.05, 4.69) is 0 Å². The molecule has 0 spiro atoms. The summed E-state index contributed by atoms with van der Waals surface area (Å²) in [6, 6.07) is 18.1. The van der Waals surface area contributed by atoms with Crippen LogP contribution in [0.5, 0.6) is 0 Å². The van der Waals surface area contributed by atoms with Gasteiger partial charge in [-0.3, -0.25) is 9.59 Å². The Balaban J connectivity index is 1.57. The lowest BCUT2D eigenvalue weighted by molar-refractivity contribution is 0.0979. The standard InChI is InChI=1S/C26H25NO6S2/c1-16(28)14-27(15-17(2)29)35(32,33)20-10-7-18(8-11-20)34-19-9-12-23-24(13-19)26(31)22-6-4-3-5-21(22)25(23)30/h3-13,16-17,28-29H,14-15H2,1-2H3. The highest BCUT2D eigenvalue weighted by Gasteiger charge is 2.30. The highest BCUT2D eigenvalue weighted by Crippen LogP contribution is 2.34. The van der Waals surface area contributed by atoms with Gasteiger partial charge in [0, 0.05) is 45.1 Å². The lowest BCUT2D eigenvalue weighted by atomic mass is 9.84. The number of nitrogens with zero attached hydrogens (tertiary/aromatic N) is 1. The number of benzene rings is 3. The Kier molecular flexibility index (Phi) is 7.25. The summed E-state index contributed by atoms with van der Waals surface area (Å²) in [7, 11) is -3.91. The van der Waals surface area contributed by atoms with Crippen molar-refractivity contribution in [1.82, 2.24) is 4.31 Å². The number of sulfonamides is 1. The number of aliphatic hydroxyl groups excluding tert-OH is 2. The van der Waals surface area contributed by atoms with Crippen molar-refractivity contribution in [1.29, 1.82) is 0 Å². The van der Waals surface area contributed by atoms with Crippen molar-refractivity contribution in [2.45, 2.75) is 40.7 Å². The number of ketones is 2. The first-order valence-electron chi connectivity index (χ1n) is 11.0. The molecule has 0 aliphatic heterocycles. The van der Waals surface area contributed by atoms with E-state index in [1.807, 2.05) is 0 Å². The lowest BCUT2D eigenvalue weighted by Gasteiger charge is -2.24.